The molecule has 8 aromatic rings. The maximum atomic E-state index is 5.02. The van der Waals surface area contributed by atoms with Crippen molar-refractivity contribution in [3.63, 3.8) is 0 Å². The molecule has 0 N–H and O–H groups in total. The molecule has 212 valence electrons. The van der Waals surface area contributed by atoms with Crippen LogP contribution in [0.1, 0.15) is 0 Å². The van der Waals surface area contributed by atoms with Crippen molar-refractivity contribution >= 4 is 5.65 Å². The highest BCUT2D eigenvalue weighted by atomic mass is 15.0. The fourth-order valence-corrected chi connectivity index (χ4v) is 5.67. The topological polar surface area (TPSA) is 56.0 Å². The Morgan fingerprint density at radius 2 is 0.822 bits per heavy atom. The maximum absolute atomic E-state index is 5.02. The lowest BCUT2D eigenvalue weighted by Gasteiger charge is -2.10. The van der Waals surface area contributed by atoms with Crippen molar-refractivity contribution < 1.29 is 0 Å². The molecule has 0 atom stereocenters. The van der Waals surface area contributed by atoms with E-state index in [9.17, 15) is 0 Å². The quantitative estimate of drug-likeness (QED) is 0.197. The molecular weight excluding hydrogens is 550 g/mol. The van der Waals surface area contributed by atoms with E-state index in [2.05, 4.69) is 83.4 Å². The first-order valence-electron chi connectivity index (χ1n) is 14.9. The number of imidazole rings is 1. The first-order chi connectivity index (χ1) is 22.3. The summed E-state index contributed by atoms with van der Waals surface area (Å²) in [5.74, 6) is 1.94. The van der Waals surface area contributed by atoms with Gasteiger partial charge in [-0.05, 0) is 29.3 Å². The molecule has 3 heterocycles. The molecule has 5 nitrogen and oxygen atoms in total. The second kappa shape index (κ2) is 11.5. The molecule has 5 aromatic carbocycles. The number of nitrogens with zero attached hydrogens (tertiary/aromatic N) is 5. The van der Waals surface area contributed by atoms with Gasteiger partial charge in [0.2, 0.25) is 0 Å². The van der Waals surface area contributed by atoms with E-state index < -0.39 is 0 Å². The predicted molar refractivity (Wildman–Crippen MR) is 181 cm³/mol. The Morgan fingerprint density at radius 1 is 0.333 bits per heavy atom. The average molecular weight is 578 g/mol. The summed E-state index contributed by atoms with van der Waals surface area (Å²) in [6.07, 6.45) is 2.07. The summed E-state index contributed by atoms with van der Waals surface area (Å²) in [6, 6.07) is 53.6. The van der Waals surface area contributed by atoms with E-state index in [1.807, 2.05) is 84.9 Å². The van der Waals surface area contributed by atoms with Crippen LogP contribution in [-0.2, 0) is 0 Å². The van der Waals surface area contributed by atoms with Gasteiger partial charge in [-0.1, -0.05) is 140 Å². The molecule has 0 spiro atoms. The Hall–Kier alpha value is -6.20. The van der Waals surface area contributed by atoms with Crippen LogP contribution in [-0.4, -0.2) is 24.3 Å². The summed E-state index contributed by atoms with van der Waals surface area (Å²) < 4.78 is 2.16. The minimum absolute atomic E-state index is 0.637. The molecule has 45 heavy (non-hydrogen) atoms. The fraction of sp³-hybridized carbons (Fsp3) is 0. The second-order valence-corrected chi connectivity index (χ2v) is 10.8. The second-order valence-electron chi connectivity index (χ2n) is 10.8. The summed E-state index contributed by atoms with van der Waals surface area (Å²) >= 11 is 0. The van der Waals surface area contributed by atoms with E-state index in [0.29, 0.717) is 17.5 Å². The van der Waals surface area contributed by atoms with Crippen molar-refractivity contribution in [2.75, 3.05) is 0 Å². The van der Waals surface area contributed by atoms with Crippen molar-refractivity contribution in [2.24, 2.45) is 0 Å². The molecule has 0 radical (unpaired) electrons. The van der Waals surface area contributed by atoms with Gasteiger partial charge in [-0.25, -0.2) is 19.9 Å². The summed E-state index contributed by atoms with van der Waals surface area (Å²) in [7, 11) is 0. The average Bonchev–Trinajstić information content (AvgIpc) is 3.52. The fourth-order valence-electron chi connectivity index (χ4n) is 5.67. The number of hydrogen-bond donors (Lipinski definition) is 0. The van der Waals surface area contributed by atoms with Gasteiger partial charge < -0.3 is 0 Å². The third kappa shape index (κ3) is 5.17. The molecule has 8 rings (SSSR count). The SMILES string of the molecule is c1ccc(-c2nc(-c3ccccc3)nc(-c3cccc(-c4ccc(-c5nc6ccccn6c5-c5ccccc5)cc4)c3)n2)cc1. The Morgan fingerprint density at radius 3 is 1.44 bits per heavy atom. The van der Waals surface area contributed by atoms with Gasteiger partial charge in [0, 0.05) is 34.0 Å². The molecule has 0 amide bonds. The zero-order valence-corrected chi connectivity index (χ0v) is 24.3. The van der Waals surface area contributed by atoms with E-state index in [1.165, 1.54) is 0 Å². The largest absolute Gasteiger partial charge is 0.299 e. The summed E-state index contributed by atoms with van der Waals surface area (Å²) in [6.45, 7) is 0. The van der Waals surface area contributed by atoms with Crippen molar-refractivity contribution in [3.8, 4) is 67.8 Å². The third-order valence-corrected chi connectivity index (χ3v) is 7.89. The molecule has 3 aromatic heterocycles. The zero-order chi connectivity index (χ0) is 30.0. The number of aromatic nitrogens is 5. The van der Waals surface area contributed by atoms with Crippen LogP contribution in [0.2, 0.25) is 0 Å². The van der Waals surface area contributed by atoms with E-state index in [-0.39, 0.29) is 0 Å². The molecule has 0 aliphatic heterocycles. The van der Waals surface area contributed by atoms with Gasteiger partial charge in [0.05, 0.1) is 11.4 Å². The minimum atomic E-state index is 0.637. The number of rotatable bonds is 6. The third-order valence-electron chi connectivity index (χ3n) is 7.89. The predicted octanol–water partition coefficient (Wildman–Crippen LogP) is 9.52. The smallest absolute Gasteiger partial charge is 0.164 e. The van der Waals surface area contributed by atoms with Gasteiger partial charge in [0.15, 0.2) is 17.5 Å². The van der Waals surface area contributed by atoms with Crippen LogP contribution < -0.4 is 0 Å². The highest BCUT2D eigenvalue weighted by Gasteiger charge is 2.16. The lowest BCUT2D eigenvalue weighted by atomic mass is 9.99. The van der Waals surface area contributed by atoms with Crippen molar-refractivity contribution in [2.45, 2.75) is 0 Å². The molecule has 0 aliphatic rings. The van der Waals surface area contributed by atoms with Gasteiger partial charge in [0.25, 0.3) is 0 Å². The van der Waals surface area contributed by atoms with Crippen LogP contribution in [0, 0.1) is 0 Å². The standard InChI is InChI=1S/C40H27N5/c1-4-13-30(14-5-1)37-36(41-35-21-10-11-26-45(35)37)29-24-22-28(23-25-29)33-19-12-20-34(27-33)40-43-38(31-15-6-2-7-16-31)42-39(44-40)32-17-8-3-9-18-32/h1-27H. The van der Waals surface area contributed by atoms with Crippen molar-refractivity contribution in [3.05, 3.63) is 164 Å². The zero-order valence-electron chi connectivity index (χ0n) is 24.3. The molecule has 0 aliphatic carbocycles. The van der Waals surface area contributed by atoms with Gasteiger partial charge >= 0.3 is 0 Å². The molecule has 0 fully saturated rings. The number of fused-ring (bicyclic) bond motifs is 1. The first-order valence-corrected chi connectivity index (χ1v) is 14.9. The molecule has 0 saturated heterocycles. The lowest BCUT2D eigenvalue weighted by molar-refractivity contribution is 1.07. The Labute approximate surface area is 261 Å². The van der Waals surface area contributed by atoms with Crippen LogP contribution >= 0.6 is 0 Å². The molecule has 5 heteroatoms. The molecule has 0 bridgehead atoms. The minimum Gasteiger partial charge on any atom is -0.299 e. The molecular formula is C40H27N5. The highest BCUT2D eigenvalue weighted by molar-refractivity contribution is 5.83. The van der Waals surface area contributed by atoms with Gasteiger partial charge in [0.1, 0.15) is 5.65 Å². The number of benzene rings is 5. The van der Waals surface area contributed by atoms with Crippen LogP contribution in [0.15, 0.2) is 164 Å². The first kappa shape index (κ1) is 26.4. The number of hydrogen-bond acceptors (Lipinski definition) is 4. The van der Waals surface area contributed by atoms with E-state index in [4.69, 9.17) is 19.9 Å². The van der Waals surface area contributed by atoms with Crippen LogP contribution in [0.25, 0.3) is 73.5 Å². The van der Waals surface area contributed by atoms with E-state index in [1.54, 1.807) is 0 Å². The van der Waals surface area contributed by atoms with Crippen LogP contribution in [0.4, 0.5) is 0 Å². The summed E-state index contributed by atoms with van der Waals surface area (Å²) in [4.78, 5) is 19.7. The van der Waals surface area contributed by atoms with Crippen molar-refractivity contribution in [1.82, 2.24) is 24.3 Å². The Balaban J connectivity index is 1.18. The van der Waals surface area contributed by atoms with Gasteiger partial charge in [-0.15, -0.1) is 0 Å². The Kier molecular flexibility index (Phi) is 6.74. The Bertz CT molecular complexity index is 2180. The molecule has 0 saturated carbocycles. The lowest BCUT2D eigenvalue weighted by Crippen LogP contribution is -2.00. The van der Waals surface area contributed by atoms with E-state index >= 15 is 0 Å². The summed E-state index contributed by atoms with van der Waals surface area (Å²) in [5.41, 5.74) is 10.2. The monoisotopic (exact) mass is 577 g/mol. The van der Waals surface area contributed by atoms with Crippen LogP contribution in [0.5, 0.6) is 0 Å². The van der Waals surface area contributed by atoms with E-state index in [0.717, 1.165) is 56.0 Å². The normalized spacial score (nSPS) is 11.1. The van der Waals surface area contributed by atoms with Gasteiger partial charge in [-0.2, -0.15) is 0 Å². The maximum Gasteiger partial charge on any atom is 0.164 e. The highest BCUT2D eigenvalue weighted by Crippen LogP contribution is 2.34. The summed E-state index contributed by atoms with van der Waals surface area (Å²) in [5, 5.41) is 0. The number of pyridine rings is 1. The molecule has 0 unspecified atom stereocenters. The van der Waals surface area contributed by atoms with Crippen molar-refractivity contribution in [1.29, 1.82) is 0 Å². The van der Waals surface area contributed by atoms with Crippen LogP contribution in [0.3, 0.4) is 0 Å². The van der Waals surface area contributed by atoms with Gasteiger partial charge in [-0.3, -0.25) is 4.40 Å².